The molecule has 2 N–H and O–H groups in total. The second-order valence-electron chi connectivity index (χ2n) is 10.4. The summed E-state index contributed by atoms with van der Waals surface area (Å²) in [7, 11) is 0. The molecule has 0 saturated heterocycles. The second-order valence-corrected chi connectivity index (χ2v) is 10.4. The van der Waals surface area contributed by atoms with Crippen LogP contribution in [0.5, 0.6) is 0 Å². The van der Waals surface area contributed by atoms with Crippen molar-refractivity contribution < 1.29 is 28.1 Å². The molecule has 0 fully saturated rings. The molecule has 0 spiro atoms. The average molecular weight is 476 g/mol. The first-order valence-electron chi connectivity index (χ1n) is 11.8. The molecule has 1 aromatic carbocycles. The molecule has 1 aliphatic carbocycles. The van der Waals surface area contributed by atoms with Gasteiger partial charge in [0, 0.05) is 22.5 Å². The highest BCUT2D eigenvalue weighted by molar-refractivity contribution is 5.74. The summed E-state index contributed by atoms with van der Waals surface area (Å²) in [4.78, 5) is 4.96. The van der Waals surface area contributed by atoms with Crippen LogP contribution in [0.25, 0.3) is 5.57 Å². The maximum atomic E-state index is 13.1. The molecule has 1 unspecified atom stereocenters. The molecule has 4 nitrogen and oxygen atoms in total. The predicted molar refractivity (Wildman–Crippen MR) is 124 cm³/mol. The van der Waals surface area contributed by atoms with Crippen molar-refractivity contribution in [1.29, 1.82) is 0 Å². The Hall–Kier alpha value is -2.22. The fourth-order valence-corrected chi connectivity index (χ4v) is 5.17. The number of pyridine rings is 1. The van der Waals surface area contributed by atoms with Crippen LogP contribution < -0.4 is 0 Å². The number of aromatic nitrogens is 1. The van der Waals surface area contributed by atoms with E-state index in [1.54, 1.807) is 0 Å². The molecular weight excluding hydrogens is 443 g/mol. The van der Waals surface area contributed by atoms with Gasteiger partial charge in [0.2, 0.25) is 0 Å². The van der Waals surface area contributed by atoms with Crippen molar-refractivity contribution in [2.45, 2.75) is 71.3 Å². The maximum absolute atomic E-state index is 13.1. The summed E-state index contributed by atoms with van der Waals surface area (Å²) >= 11 is 0. The SMILES string of the molecule is CC(C)c1nc2c(c(C3=CCOCC3)c1[C@H](O)c1ccc(C(F)(F)F)cc1)C(O)CC(C)(C)C2. The molecule has 1 aliphatic heterocycles. The first kappa shape index (κ1) is 24.9. The summed E-state index contributed by atoms with van der Waals surface area (Å²) in [5, 5.41) is 22.8. The average Bonchev–Trinajstić information content (AvgIpc) is 2.76. The van der Waals surface area contributed by atoms with E-state index >= 15 is 0 Å². The van der Waals surface area contributed by atoms with Crippen molar-refractivity contribution in [3.63, 3.8) is 0 Å². The van der Waals surface area contributed by atoms with Crippen LogP contribution in [-0.4, -0.2) is 28.4 Å². The van der Waals surface area contributed by atoms with E-state index < -0.39 is 23.9 Å². The molecule has 0 amide bonds. The van der Waals surface area contributed by atoms with Gasteiger partial charge in [0.25, 0.3) is 0 Å². The van der Waals surface area contributed by atoms with Crippen molar-refractivity contribution in [2.75, 3.05) is 13.2 Å². The number of aliphatic hydroxyl groups excluding tert-OH is 2. The minimum Gasteiger partial charge on any atom is -0.388 e. The van der Waals surface area contributed by atoms with Gasteiger partial charge in [-0.2, -0.15) is 13.2 Å². The van der Waals surface area contributed by atoms with Gasteiger partial charge in [-0.3, -0.25) is 4.98 Å². The third kappa shape index (κ3) is 4.79. The van der Waals surface area contributed by atoms with Gasteiger partial charge in [-0.15, -0.1) is 0 Å². The van der Waals surface area contributed by atoms with Gasteiger partial charge in [-0.05, 0) is 59.4 Å². The Balaban J connectivity index is 1.95. The van der Waals surface area contributed by atoms with E-state index in [9.17, 15) is 23.4 Å². The van der Waals surface area contributed by atoms with E-state index in [2.05, 4.69) is 13.8 Å². The molecule has 2 atom stereocenters. The van der Waals surface area contributed by atoms with Crippen molar-refractivity contribution in [3.05, 3.63) is 69.5 Å². The lowest BCUT2D eigenvalue weighted by molar-refractivity contribution is -0.137. The Morgan fingerprint density at radius 1 is 1.15 bits per heavy atom. The molecule has 0 bridgehead atoms. The van der Waals surface area contributed by atoms with Gasteiger partial charge in [0.15, 0.2) is 0 Å². The largest absolute Gasteiger partial charge is 0.416 e. The molecule has 4 rings (SSSR count). The number of hydrogen-bond acceptors (Lipinski definition) is 4. The molecule has 184 valence electrons. The number of alkyl halides is 3. The third-order valence-corrected chi connectivity index (χ3v) is 6.76. The predicted octanol–water partition coefficient (Wildman–Crippen LogP) is 6.12. The van der Waals surface area contributed by atoms with Gasteiger partial charge < -0.3 is 14.9 Å². The number of halogens is 3. The van der Waals surface area contributed by atoms with E-state index in [0.717, 1.165) is 34.5 Å². The van der Waals surface area contributed by atoms with Crippen molar-refractivity contribution in [3.8, 4) is 0 Å². The molecule has 0 saturated carbocycles. The lowest BCUT2D eigenvalue weighted by Crippen LogP contribution is -2.30. The summed E-state index contributed by atoms with van der Waals surface area (Å²) in [5.74, 6) is -0.0363. The standard InChI is InChI=1S/C27H32F3NO3/c1-15(2)24-23(25(33)17-5-7-18(8-6-17)27(28,29)30)21(16-9-11-34-12-10-16)22-19(31-24)13-26(3,4)14-20(22)32/h5-9,15,20,25,32-33H,10-14H2,1-4H3/t20?,25-/m1/s1. The van der Waals surface area contributed by atoms with Gasteiger partial charge in [0.05, 0.1) is 24.9 Å². The van der Waals surface area contributed by atoms with Gasteiger partial charge in [0.1, 0.15) is 6.10 Å². The number of rotatable bonds is 4. The summed E-state index contributed by atoms with van der Waals surface area (Å²) in [6.45, 7) is 9.15. The Morgan fingerprint density at radius 3 is 2.38 bits per heavy atom. The van der Waals surface area contributed by atoms with Gasteiger partial charge in [-0.1, -0.05) is 45.9 Å². The highest BCUT2D eigenvalue weighted by Gasteiger charge is 2.38. The van der Waals surface area contributed by atoms with Crippen LogP contribution in [0.3, 0.4) is 0 Å². The van der Waals surface area contributed by atoms with Crippen LogP contribution >= 0.6 is 0 Å². The van der Waals surface area contributed by atoms with E-state index in [-0.39, 0.29) is 11.3 Å². The van der Waals surface area contributed by atoms with Gasteiger partial charge in [-0.25, -0.2) is 0 Å². The summed E-state index contributed by atoms with van der Waals surface area (Å²) in [6.07, 6.45) is -2.52. The monoisotopic (exact) mass is 475 g/mol. The van der Waals surface area contributed by atoms with Crippen molar-refractivity contribution >= 4 is 5.57 Å². The van der Waals surface area contributed by atoms with Crippen LogP contribution in [-0.2, 0) is 17.3 Å². The van der Waals surface area contributed by atoms with E-state index in [1.807, 2.05) is 19.9 Å². The van der Waals surface area contributed by atoms with Crippen molar-refractivity contribution in [2.24, 2.45) is 5.41 Å². The minimum absolute atomic E-state index is 0.0363. The van der Waals surface area contributed by atoms with Gasteiger partial charge >= 0.3 is 6.18 Å². The highest BCUT2D eigenvalue weighted by atomic mass is 19.4. The Labute approximate surface area is 198 Å². The number of fused-ring (bicyclic) bond motifs is 1. The maximum Gasteiger partial charge on any atom is 0.416 e. The fraction of sp³-hybridized carbons (Fsp3) is 0.519. The molecule has 34 heavy (non-hydrogen) atoms. The number of aliphatic hydroxyl groups is 2. The lowest BCUT2D eigenvalue weighted by atomic mass is 9.71. The lowest BCUT2D eigenvalue weighted by Gasteiger charge is -2.38. The highest BCUT2D eigenvalue weighted by Crippen LogP contribution is 2.47. The normalized spacial score (nSPS) is 21.2. The van der Waals surface area contributed by atoms with E-state index in [4.69, 9.17) is 9.72 Å². The van der Waals surface area contributed by atoms with Crippen LogP contribution in [0.2, 0.25) is 0 Å². The first-order valence-corrected chi connectivity index (χ1v) is 11.8. The van der Waals surface area contributed by atoms with Crippen LogP contribution in [0, 0.1) is 5.41 Å². The first-order chi connectivity index (χ1) is 15.9. The molecule has 0 radical (unpaired) electrons. The molecule has 2 aromatic rings. The number of hydrogen-bond donors (Lipinski definition) is 2. The van der Waals surface area contributed by atoms with E-state index in [1.165, 1.54) is 12.1 Å². The number of ether oxygens (including phenoxy) is 1. The van der Waals surface area contributed by atoms with Crippen LogP contribution in [0.4, 0.5) is 13.2 Å². The Kier molecular flexibility index (Phi) is 6.66. The molecule has 1 aromatic heterocycles. The Morgan fingerprint density at radius 2 is 1.82 bits per heavy atom. The molecule has 7 heteroatoms. The van der Waals surface area contributed by atoms with E-state index in [0.29, 0.717) is 49.3 Å². The zero-order valence-corrected chi connectivity index (χ0v) is 20.0. The molecule has 2 heterocycles. The van der Waals surface area contributed by atoms with Crippen LogP contribution in [0.15, 0.2) is 30.3 Å². The zero-order valence-electron chi connectivity index (χ0n) is 20.0. The summed E-state index contributed by atoms with van der Waals surface area (Å²) < 4.78 is 44.8. The second kappa shape index (κ2) is 9.10. The summed E-state index contributed by atoms with van der Waals surface area (Å²) in [5.41, 5.74) is 4.08. The molecular formula is C27H32F3NO3. The Bertz CT molecular complexity index is 1090. The minimum atomic E-state index is -4.45. The van der Waals surface area contributed by atoms with Crippen molar-refractivity contribution in [1.82, 2.24) is 4.98 Å². The zero-order chi connectivity index (χ0) is 24.8. The topological polar surface area (TPSA) is 62.6 Å². The number of benzene rings is 1. The number of nitrogens with zero attached hydrogens (tertiary/aromatic N) is 1. The quantitative estimate of drug-likeness (QED) is 0.560. The smallest absolute Gasteiger partial charge is 0.388 e. The molecule has 2 aliphatic rings. The summed E-state index contributed by atoms with van der Waals surface area (Å²) in [6, 6.07) is 4.62. The fourth-order valence-electron chi connectivity index (χ4n) is 5.17. The van der Waals surface area contributed by atoms with Crippen LogP contribution in [0.1, 0.15) is 97.9 Å². The third-order valence-electron chi connectivity index (χ3n) is 6.76.